The maximum atomic E-state index is 13.0. The Morgan fingerprint density at radius 3 is 2.42 bits per heavy atom. The van der Waals surface area contributed by atoms with E-state index in [-0.39, 0.29) is 11.7 Å². The van der Waals surface area contributed by atoms with Crippen molar-refractivity contribution in [3.05, 3.63) is 82.3 Å². The van der Waals surface area contributed by atoms with Crippen molar-refractivity contribution in [1.29, 1.82) is 0 Å². The Morgan fingerprint density at radius 2 is 1.79 bits per heavy atom. The quantitative estimate of drug-likeness (QED) is 0.656. The van der Waals surface area contributed by atoms with Gasteiger partial charge in [-0.2, -0.15) is 0 Å². The molecule has 0 aliphatic heterocycles. The molecular formula is C19H16N2O2S. The summed E-state index contributed by atoms with van der Waals surface area (Å²) >= 11 is 1.29. The zero-order chi connectivity index (χ0) is 16.9. The molecule has 2 aromatic heterocycles. The molecule has 0 fully saturated rings. The van der Waals surface area contributed by atoms with Gasteiger partial charge in [0.1, 0.15) is 0 Å². The third kappa shape index (κ3) is 3.58. The summed E-state index contributed by atoms with van der Waals surface area (Å²) in [5.41, 5.74) is 2.38. The summed E-state index contributed by atoms with van der Waals surface area (Å²) in [7, 11) is 0. The smallest absolute Gasteiger partial charge is 0.268 e. The molecule has 0 spiro atoms. The molecule has 4 nitrogen and oxygen atoms in total. The molecule has 0 aliphatic carbocycles. The first-order valence-corrected chi connectivity index (χ1v) is 8.38. The van der Waals surface area contributed by atoms with Gasteiger partial charge in [-0.15, -0.1) is 11.3 Å². The van der Waals surface area contributed by atoms with Crippen LogP contribution in [-0.2, 0) is 6.54 Å². The summed E-state index contributed by atoms with van der Waals surface area (Å²) in [4.78, 5) is 30.7. The zero-order valence-corrected chi connectivity index (χ0v) is 14.0. The van der Waals surface area contributed by atoms with Crippen molar-refractivity contribution < 1.29 is 9.59 Å². The van der Waals surface area contributed by atoms with Gasteiger partial charge in [0.2, 0.25) is 0 Å². The first kappa shape index (κ1) is 16.1. The molecule has 1 amide bonds. The average molecular weight is 336 g/mol. The Bertz CT molecular complexity index is 844. The van der Waals surface area contributed by atoms with Crippen LogP contribution in [-0.4, -0.2) is 16.7 Å². The molecule has 120 valence electrons. The molecule has 2 heterocycles. The Morgan fingerprint density at radius 1 is 1.08 bits per heavy atom. The third-order valence-corrected chi connectivity index (χ3v) is 4.54. The van der Waals surface area contributed by atoms with Crippen LogP contribution < -0.4 is 4.90 Å². The second-order valence-corrected chi connectivity index (χ2v) is 6.25. The van der Waals surface area contributed by atoms with Crippen molar-refractivity contribution >= 4 is 28.7 Å². The Hall–Kier alpha value is -2.79. The minimum Gasteiger partial charge on any atom is -0.303 e. The lowest BCUT2D eigenvalue weighted by atomic mass is 10.2. The molecular weight excluding hydrogens is 320 g/mol. The first-order valence-electron chi connectivity index (χ1n) is 7.50. The summed E-state index contributed by atoms with van der Waals surface area (Å²) in [5.74, 6) is -0.161. The summed E-state index contributed by atoms with van der Waals surface area (Å²) in [6.45, 7) is 1.96. The van der Waals surface area contributed by atoms with Gasteiger partial charge in [0, 0.05) is 29.0 Å². The highest BCUT2D eigenvalue weighted by Gasteiger charge is 2.20. The van der Waals surface area contributed by atoms with Crippen LogP contribution in [0.25, 0.3) is 0 Å². The van der Waals surface area contributed by atoms with Crippen LogP contribution in [0.3, 0.4) is 0 Å². The fourth-order valence-corrected chi connectivity index (χ4v) is 3.23. The molecule has 5 heteroatoms. The summed E-state index contributed by atoms with van der Waals surface area (Å²) in [6, 6.07) is 15.1. The molecule has 0 unspecified atom stereocenters. The van der Waals surface area contributed by atoms with E-state index in [0.717, 1.165) is 11.3 Å². The van der Waals surface area contributed by atoms with Crippen molar-refractivity contribution in [3.8, 4) is 0 Å². The number of carbonyl (C=O) groups excluding carboxylic acids is 2. The number of benzene rings is 1. The number of thiophene rings is 1. The monoisotopic (exact) mass is 336 g/mol. The van der Waals surface area contributed by atoms with Crippen LogP contribution in [0.4, 0.5) is 5.69 Å². The van der Waals surface area contributed by atoms with Crippen LogP contribution >= 0.6 is 11.3 Å². The van der Waals surface area contributed by atoms with Gasteiger partial charge >= 0.3 is 0 Å². The molecule has 1 aromatic carbocycles. The Labute approximate surface area is 144 Å². The number of hydrogen-bond acceptors (Lipinski definition) is 4. The van der Waals surface area contributed by atoms with Gasteiger partial charge in [-0.25, -0.2) is 0 Å². The van der Waals surface area contributed by atoms with E-state index in [1.54, 1.807) is 40.9 Å². The number of ketones is 1. The maximum absolute atomic E-state index is 13.0. The van der Waals surface area contributed by atoms with E-state index in [9.17, 15) is 9.59 Å². The van der Waals surface area contributed by atoms with Gasteiger partial charge < -0.3 is 4.90 Å². The van der Waals surface area contributed by atoms with Gasteiger partial charge in [-0.1, -0.05) is 30.3 Å². The van der Waals surface area contributed by atoms with Gasteiger partial charge in [0.25, 0.3) is 5.91 Å². The van der Waals surface area contributed by atoms with Crippen molar-refractivity contribution in [2.24, 2.45) is 0 Å². The maximum Gasteiger partial charge on any atom is 0.268 e. The molecule has 3 rings (SSSR count). The third-order valence-electron chi connectivity index (χ3n) is 3.62. The fourth-order valence-electron chi connectivity index (χ4n) is 2.34. The van der Waals surface area contributed by atoms with Crippen LogP contribution in [0.5, 0.6) is 0 Å². The van der Waals surface area contributed by atoms with E-state index in [4.69, 9.17) is 0 Å². The number of nitrogens with zero attached hydrogens (tertiary/aromatic N) is 2. The lowest BCUT2D eigenvalue weighted by Crippen LogP contribution is -2.29. The standard InChI is InChI=1S/C19H16N2O2S/c1-14(22)16-11-18(24-13-16)19(23)21(17-7-9-20-10-8-17)12-15-5-3-2-4-6-15/h2-11,13H,12H2,1H3. The zero-order valence-electron chi connectivity index (χ0n) is 13.2. The molecule has 3 aromatic rings. The number of Topliss-reactive ketones (excluding diaryl/α,β-unsaturated/α-hetero) is 1. The van der Waals surface area contributed by atoms with E-state index in [1.807, 2.05) is 30.3 Å². The Balaban J connectivity index is 1.94. The van der Waals surface area contributed by atoms with Gasteiger partial charge in [-0.3, -0.25) is 14.6 Å². The SMILES string of the molecule is CC(=O)c1csc(C(=O)N(Cc2ccccc2)c2ccncc2)c1. The van der Waals surface area contributed by atoms with Crippen LogP contribution in [0.2, 0.25) is 0 Å². The molecule has 0 aliphatic rings. The molecule has 0 radical (unpaired) electrons. The highest BCUT2D eigenvalue weighted by Crippen LogP contribution is 2.23. The highest BCUT2D eigenvalue weighted by atomic mass is 32.1. The number of pyridine rings is 1. The van der Waals surface area contributed by atoms with Gasteiger partial charge in [0.15, 0.2) is 5.78 Å². The summed E-state index contributed by atoms with van der Waals surface area (Å²) < 4.78 is 0. The van der Waals surface area contributed by atoms with Crippen LogP contribution in [0, 0.1) is 0 Å². The lowest BCUT2D eigenvalue weighted by Gasteiger charge is -2.22. The van der Waals surface area contributed by atoms with Gasteiger partial charge in [-0.05, 0) is 30.7 Å². The lowest BCUT2D eigenvalue weighted by molar-refractivity contribution is 0.0988. The molecule has 0 N–H and O–H groups in total. The minimum atomic E-state index is -0.123. The number of carbonyl (C=O) groups is 2. The number of amides is 1. The van der Waals surface area contributed by atoms with Crippen molar-refractivity contribution in [3.63, 3.8) is 0 Å². The molecule has 0 bridgehead atoms. The van der Waals surface area contributed by atoms with Crippen LogP contribution in [0.15, 0.2) is 66.3 Å². The second-order valence-electron chi connectivity index (χ2n) is 5.34. The molecule has 0 saturated heterocycles. The number of anilines is 1. The molecule has 0 atom stereocenters. The number of rotatable bonds is 5. The number of hydrogen-bond donors (Lipinski definition) is 0. The van der Waals surface area contributed by atoms with E-state index >= 15 is 0 Å². The molecule has 0 saturated carbocycles. The largest absolute Gasteiger partial charge is 0.303 e. The second kappa shape index (κ2) is 7.19. The van der Waals surface area contributed by atoms with Crippen molar-refractivity contribution in [2.75, 3.05) is 4.90 Å². The highest BCUT2D eigenvalue weighted by molar-refractivity contribution is 7.12. The van der Waals surface area contributed by atoms with Gasteiger partial charge in [0.05, 0.1) is 11.4 Å². The fraction of sp³-hybridized carbons (Fsp3) is 0.105. The first-order chi connectivity index (χ1) is 11.6. The summed E-state index contributed by atoms with van der Waals surface area (Å²) in [5, 5.41) is 1.73. The summed E-state index contributed by atoms with van der Waals surface area (Å²) in [6.07, 6.45) is 3.33. The normalized spacial score (nSPS) is 10.4. The minimum absolute atomic E-state index is 0.0381. The topological polar surface area (TPSA) is 50.3 Å². The van der Waals surface area contributed by atoms with E-state index in [1.165, 1.54) is 18.3 Å². The van der Waals surface area contributed by atoms with E-state index in [0.29, 0.717) is 17.0 Å². The van der Waals surface area contributed by atoms with E-state index in [2.05, 4.69) is 4.98 Å². The predicted molar refractivity (Wildman–Crippen MR) is 95.5 cm³/mol. The predicted octanol–water partition coefficient (Wildman–Crippen LogP) is 4.19. The Kier molecular flexibility index (Phi) is 4.82. The average Bonchev–Trinajstić information content (AvgIpc) is 3.11. The van der Waals surface area contributed by atoms with Crippen LogP contribution in [0.1, 0.15) is 32.5 Å². The van der Waals surface area contributed by atoms with E-state index < -0.39 is 0 Å². The van der Waals surface area contributed by atoms with Crippen molar-refractivity contribution in [1.82, 2.24) is 4.98 Å². The van der Waals surface area contributed by atoms with Crippen molar-refractivity contribution in [2.45, 2.75) is 13.5 Å². The molecule has 24 heavy (non-hydrogen) atoms. The number of aromatic nitrogens is 1.